The number of nitrogens with one attached hydrogen (secondary N) is 1. The van der Waals surface area contributed by atoms with Gasteiger partial charge in [-0.25, -0.2) is 0 Å². The van der Waals surface area contributed by atoms with E-state index in [0.717, 1.165) is 35.6 Å². The zero-order chi connectivity index (χ0) is 15.1. The molecule has 0 unspecified atom stereocenters. The van der Waals surface area contributed by atoms with Gasteiger partial charge in [-0.3, -0.25) is 0 Å². The highest BCUT2D eigenvalue weighted by Crippen LogP contribution is 2.31. The molecule has 0 amide bonds. The fraction of sp³-hybridized carbons (Fsp3) is 0.333. The summed E-state index contributed by atoms with van der Waals surface area (Å²) >= 11 is 0. The van der Waals surface area contributed by atoms with Crippen LogP contribution < -0.4 is 14.8 Å². The third kappa shape index (κ3) is 3.99. The van der Waals surface area contributed by atoms with Gasteiger partial charge >= 0.3 is 0 Å². The molecule has 0 aliphatic rings. The largest absolute Gasteiger partial charge is 0.493 e. The summed E-state index contributed by atoms with van der Waals surface area (Å²) in [6, 6.07) is 14.5. The lowest BCUT2D eigenvalue weighted by molar-refractivity contribution is 0.281. The quantitative estimate of drug-likeness (QED) is 0.844. The molecular weight excluding hydrogens is 262 g/mol. The molecule has 0 bridgehead atoms. The molecule has 0 fully saturated rings. The van der Waals surface area contributed by atoms with E-state index < -0.39 is 0 Å². The molecule has 2 aromatic carbocycles. The van der Waals surface area contributed by atoms with Crippen LogP contribution in [0.1, 0.15) is 23.6 Å². The van der Waals surface area contributed by atoms with Crippen molar-refractivity contribution in [3.63, 3.8) is 0 Å². The molecule has 0 spiro atoms. The number of ether oxygens (including phenoxy) is 2. The number of benzene rings is 2. The van der Waals surface area contributed by atoms with Gasteiger partial charge in [-0.05, 0) is 30.7 Å². The summed E-state index contributed by atoms with van der Waals surface area (Å²) in [5.41, 5.74) is 3.60. The van der Waals surface area contributed by atoms with Crippen LogP contribution in [0.2, 0.25) is 0 Å². The molecule has 0 heterocycles. The molecule has 0 aliphatic carbocycles. The highest BCUT2D eigenvalue weighted by Gasteiger charge is 2.10. The summed E-state index contributed by atoms with van der Waals surface area (Å²) < 4.78 is 11.4. The predicted molar refractivity (Wildman–Crippen MR) is 85.9 cm³/mol. The molecule has 1 N–H and O–H groups in total. The first-order chi connectivity index (χ1) is 10.3. The Morgan fingerprint density at radius 3 is 2.33 bits per heavy atom. The van der Waals surface area contributed by atoms with Crippen molar-refractivity contribution in [2.24, 2.45) is 0 Å². The van der Waals surface area contributed by atoms with E-state index in [4.69, 9.17) is 9.47 Å². The lowest BCUT2D eigenvalue weighted by atomic mass is 10.1. The fourth-order valence-corrected chi connectivity index (χ4v) is 2.24. The topological polar surface area (TPSA) is 30.5 Å². The Balaban J connectivity index is 2.13. The van der Waals surface area contributed by atoms with Crippen LogP contribution in [0.4, 0.5) is 0 Å². The third-order valence-corrected chi connectivity index (χ3v) is 3.46. The van der Waals surface area contributed by atoms with Crippen molar-refractivity contribution < 1.29 is 9.47 Å². The van der Waals surface area contributed by atoms with Gasteiger partial charge in [-0.1, -0.05) is 43.3 Å². The summed E-state index contributed by atoms with van der Waals surface area (Å²) in [5.74, 6) is 1.59. The zero-order valence-electron chi connectivity index (χ0n) is 13.0. The fourth-order valence-electron chi connectivity index (χ4n) is 2.24. The van der Waals surface area contributed by atoms with Gasteiger partial charge in [0.25, 0.3) is 0 Å². The maximum Gasteiger partial charge on any atom is 0.166 e. The van der Waals surface area contributed by atoms with Crippen LogP contribution in [0.15, 0.2) is 42.5 Å². The first-order valence-corrected chi connectivity index (χ1v) is 7.29. The Labute approximate surface area is 126 Å². The van der Waals surface area contributed by atoms with Crippen molar-refractivity contribution in [2.45, 2.75) is 26.5 Å². The Morgan fingerprint density at radius 1 is 1.00 bits per heavy atom. The molecule has 0 aliphatic heterocycles. The molecule has 2 aromatic rings. The molecular formula is C18H23NO2. The first kappa shape index (κ1) is 15.4. The summed E-state index contributed by atoms with van der Waals surface area (Å²) in [6.07, 6.45) is 1.06. The SMILES string of the molecule is CCc1ccc(COc2c(CNC)cccc2OC)cc1. The predicted octanol–water partition coefficient (Wildman–Crippen LogP) is 3.56. The Bertz CT molecular complexity index is 564. The number of methoxy groups -OCH3 is 1. The van der Waals surface area contributed by atoms with Crippen molar-refractivity contribution in [1.29, 1.82) is 0 Å². The molecule has 3 heteroatoms. The molecule has 0 radical (unpaired) electrons. The molecule has 0 saturated heterocycles. The van der Waals surface area contributed by atoms with Crippen molar-refractivity contribution in [3.05, 3.63) is 59.2 Å². The lowest BCUT2D eigenvalue weighted by Crippen LogP contribution is -2.08. The molecule has 2 rings (SSSR count). The van der Waals surface area contributed by atoms with Crippen LogP contribution in [0.3, 0.4) is 0 Å². The summed E-state index contributed by atoms with van der Waals surface area (Å²) in [7, 11) is 3.59. The van der Waals surface area contributed by atoms with Crippen molar-refractivity contribution in [2.75, 3.05) is 14.2 Å². The minimum absolute atomic E-state index is 0.543. The van der Waals surface area contributed by atoms with Gasteiger partial charge in [0.2, 0.25) is 0 Å². The molecule has 21 heavy (non-hydrogen) atoms. The lowest BCUT2D eigenvalue weighted by Gasteiger charge is -2.15. The molecule has 112 valence electrons. The van der Waals surface area contributed by atoms with E-state index in [-0.39, 0.29) is 0 Å². The molecule has 0 atom stereocenters. The minimum Gasteiger partial charge on any atom is -0.493 e. The highest BCUT2D eigenvalue weighted by atomic mass is 16.5. The Morgan fingerprint density at radius 2 is 1.71 bits per heavy atom. The van der Waals surface area contributed by atoms with Crippen molar-refractivity contribution in [1.82, 2.24) is 5.32 Å². The van der Waals surface area contributed by atoms with Gasteiger partial charge in [0, 0.05) is 12.1 Å². The number of para-hydroxylation sites is 1. The van der Waals surface area contributed by atoms with Gasteiger partial charge < -0.3 is 14.8 Å². The summed E-state index contributed by atoms with van der Waals surface area (Å²) in [4.78, 5) is 0. The number of aryl methyl sites for hydroxylation is 1. The Kier molecular flexibility index (Phi) is 5.64. The van der Waals surface area contributed by atoms with E-state index in [9.17, 15) is 0 Å². The Hall–Kier alpha value is -2.00. The first-order valence-electron chi connectivity index (χ1n) is 7.29. The van der Waals surface area contributed by atoms with Crippen LogP contribution in [0, 0.1) is 0 Å². The van der Waals surface area contributed by atoms with E-state index in [2.05, 4.69) is 42.6 Å². The average Bonchev–Trinajstić information content (AvgIpc) is 2.54. The highest BCUT2D eigenvalue weighted by molar-refractivity contribution is 5.46. The van der Waals surface area contributed by atoms with Gasteiger partial charge in [0.1, 0.15) is 6.61 Å². The molecule has 3 nitrogen and oxygen atoms in total. The van der Waals surface area contributed by atoms with Crippen LogP contribution in [-0.4, -0.2) is 14.2 Å². The van der Waals surface area contributed by atoms with Gasteiger partial charge in [-0.2, -0.15) is 0 Å². The van der Waals surface area contributed by atoms with E-state index in [0.29, 0.717) is 6.61 Å². The smallest absolute Gasteiger partial charge is 0.166 e. The number of hydrogen-bond donors (Lipinski definition) is 1. The van der Waals surface area contributed by atoms with Gasteiger partial charge in [0.05, 0.1) is 7.11 Å². The second-order valence-corrected chi connectivity index (χ2v) is 4.94. The summed E-state index contributed by atoms with van der Waals surface area (Å²) in [5, 5.41) is 3.15. The summed E-state index contributed by atoms with van der Waals surface area (Å²) in [6.45, 7) is 3.45. The van der Waals surface area contributed by atoms with Crippen molar-refractivity contribution in [3.8, 4) is 11.5 Å². The van der Waals surface area contributed by atoms with Crippen LogP contribution >= 0.6 is 0 Å². The van der Waals surface area contributed by atoms with Crippen molar-refractivity contribution >= 4 is 0 Å². The second kappa shape index (κ2) is 7.70. The maximum absolute atomic E-state index is 6.01. The van der Waals surface area contributed by atoms with Crippen LogP contribution in [0.5, 0.6) is 11.5 Å². The zero-order valence-corrected chi connectivity index (χ0v) is 13.0. The molecule has 0 saturated carbocycles. The van der Waals surface area contributed by atoms with Gasteiger partial charge in [-0.15, -0.1) is 0 Å². The molecule has 0 aromatic heterocycles. The second-order valence-electron chi connectivity index (χ2n) is 4.94. The monoisotopic (exact) mass is 285 g/mol. The van der Waals surface area contributed by atoms with E-state index in [1.165, 1.54) is 5.56 Å². The van der Waals surface area contributed by atoms with Gasteiger partial charge in [0.15, 0.2) is 11.5 Å². The third-order valence-electron chi connectivity index (χ3n) is 3.46. The van der Waals surface area contributed by atoms with E-state index in [1.54, 1.807) is 7.11 Å². The van der Waals surface area contributed by atoms with Crippen LogP contribution in [0.25, 0.3) is 0 Å². The average molecular weight is 285 g/mol. The maximum atomic E-state index is 6.01. The number of hydrogen-bond acceptors (Lipinski definition) is 3. The normalized spacial score (nSPS) is 10.4. The number of rotatable bonds is 7. The van der Waals surface area contributed by atoms with E-state index in [1.807, 2.05) is 19.2 Å². The van der Waals surface area contributed by atoms with Crippen LogP contribution in [-0.2, 0) is 19.6 Å². The minimum atomic E-state index is 0.543. The van der Waals surface area contributed by atoms with E-state index >= 15 is 0 Å². The standard InChI is InChI=1S/C18H23NO2/c1-4-14-8-10-15(11-9-14)13-21-18-16(12-19-2)6-5-7-17(18)20-3/h5-11,19H,4,12-13H2,1-3H3.